The molecule has 0 spiro atoms. The van der Waals surface area contributed by atoms with Gasteiger partial charge in [0.2, 0.25) is 0 Å². The van der Waals surface area contributed by atoms with Gasteiger partial charge in [-0.05, 0) is 24.1 Å². The molecule has 1 aromatic carbocycles. The summed E-state index contributed by atoms with van der Waals surface area (Å²) >= 11 is 1.41. The predicted octanol–water partition coefficient (Wildman–Crippen LogP) is 3.33. The SMILES string of the molecule is CCc1ccc(OC)c(-c2csc3nc(C(=O)O)cn23)c1. The van der Waals surface area contributed by atoms with Gasteiger partial charge in [0.05, 0.1) is 12.8 Å². The first kappa shape index (κ1) is 13.6. The van der Waals surface area contributed by atoms with Crippen LogP contribution in [0, 0.1) is 0 Å². The highest BCUT2D eigenvalue weighted by atomic mass is 32.1. The highest BCUT2D eigenvalue weighted by Crippen LogP contribution is 2.34. The summed E-state index contributed by atoms with van der Waals surface area (Å²) < 4.78 is 7.22. The number of rotatable bonds is 4. The van der Waals surface area contributed by atoms with Crippen molar-refractivity contribution in [1.29, 1.82) is 0 Å². The van der Waals surface area contributed by atoms with Crippen molar-refractivity contribution in [2.75, 3.05) is 7.11 Å². The molecule has 2 aromatic heterocycles. The first-order valence-corrected chi connectivity index (χ1v) is 7.39. The molecule has 108 valence electrons. The molecule has 0 aliphatic carbocycles. The van der Waals surface area contributed by atoms with Crippen molar-refractivity contribution in [1.82, 2.24) is 9.38 Å². The summed E-state index contributed by atoms with van der Waals surface area (Å²) in [6, 6.07) is 6.04. The second-order valence-corrected chi connectivity index (χ2v) is 5.43. The van der Waals surface area contributed by atoms with Crippen LogP contribution in [-0.2, 0) is 6.42 Å². The number of methoxy groups -OCH3 is 1. The molecule has 21 heavy (non-hydrogen) atoms. The fraction of sp³-hybridized carbons (Fsp3) is 0.200. The van der Waals surface area contributed by atoms with Gasteiger partial charge in [0, 0.05) is 17.1 Å². The number of nitrogens with zero attached hydrogens (tertiary/aromatic N) is 2. The van der Waals surface area contributed by atoms with Crippen LogP contribution in [-0.4, -0.2) is 27.6 Å². The van der Waals surface area contributed by atoms with E-state index < -0.39 is 5.97 Å². The van der Waals surface area contributed by atoms with Crippen molar-refractivity contribution in [2.45, 2.75) is 13.3 Å². The Morgan fingerprint density at radius 2 is 2.29 bits per heavy atom. The van der Waals surface area contributed by atoms with E-state index in [0.29, 0.717) is 4.96 Å². The van der Waals surface area contributed by atoms with Crippen LogP contribution in [0.2, 0.25) is 0 Å². The van der Waals surface area contributed by atoms with Crippen LogP contribution in [0.4, 0.5) is 0 Å². The Kier molecular flexibility index (Phi) is 3.39. The Labute approximate surface area is 125 Å². The van der Waals surface area contributed by atoms with Crippen molar-refractivity contribution >= 4 is 22.3 Å². The third kappa shape index (κ3) is 2.27. The van der Waals surface area contributed by atoms with Crippen LogP contribution in [0.25, 0.3) is 16.2 Å². The summed E-state index contributed by atoms with van der Waals surface area (Å²) in [5.74, 6) is -0.261. The van der Waals surface area contributed by atoms with Gasteiger partial charge in [-0.2, -0.15) is 0 Å². The molecular formula is C15H14N2O3S. The van der Waals surface area contributed by atoms with Crippen molar-refractivity contribution in [3.63, 3.8) is 0 Å². The van der Waals surface area contributed by atoms with Gasteiger partial charge in [0.1, 0.15) is 5.75 Å². The van der Waals surface area contributed by atoms with Crippen molar-refractivity contribution in [3.8, 4) is 17.0 Å². The molecule has 5 nitrogen and oxygen atoms in total. The molecule has 0 aliphatic rings. The Hall–Kier alpha value is -2.34. The summed E-state index contributed by atoms with van der Waals surface area (Å²) in [4.78, 5) is 15.8. The third-order valence-corrected chi connectivity index (χ3v) is 4.22. The van der Waals surface area contributed by atoms with E-state index in [1.165, 1.54) is 16.9 Å². The number of imidazole rings is 1. The first-order valence-electron chi connectivity index (χ1n) is 6.51. The number of hydrogen-bond donors (Lipinski definition) is 1. The molecule has 6 heteroatoms. The molecule has 0 aliphatic heterocycles. The minimum absolute atomic E-state index is 0.0497. The maximum absolute atomic E-state index is 11.0. The molecule has 0 radical (unpaired) electrons. The highest BCUT2D eigenvalue weighted by molar-refractivity contribution is 7.15. The van der Waals surface area contributed by atoms with E-state index in [2.05, 4.69) is 18.0 Å². The molecule has 3 aromatic rings. The van der Waals surface area contributed by atoms with Crippen LogP contribution < -0.4 is 4.74 Å². The van der Waals surface area contributed by atoms with E-state index in [9.17, 15) is 4.79 Å². The van der Waals surface area contributed by atoms with E-state index in [1.54, 1.807) is 17.7 Å². The predicted molar refractivity (Wildman–Crippen MR) is 81.4 cm³/mol. The number of carboxylic acid groups (broad SMARTS) is 1. The van der Waals surface area contributed by atoms with E-state index in [0.717, 1.165) is 23.4 Å². The smallest absolute Gasteiger partial charge is 0.356 e. The lowest BCUT2D eigenvalue weighted by Crippen LogP contribution is -1.95. The quantitative estimate of drug-likeness (QED) is 0.803. The van der Waals surface area contributed by atoms with Gasteiger partial charge in [0.25, 0.3) is 0 Å². The van der Waals surface area contributed by atoms with Gasteiger partial charge in [-0.25, -0.2) is 9.78 Å². The maximum atomic E-state index is 11.0. The maximum Gasteiger partial charge on any atom is 0.356 e. The van der Waals surface area contributed by atoms with Crippen molar-refractivity contribution < 1.29 is 14.6 Å². The lowest BCUT2D eigenvalue weighted by atomic mass is 10.1. The molecule has 0 fully saturated rings. The fourth-order valence-corrected chi connectivity index (χ4v) is 3.13. The Balaban J connectivity index is 2.21. The summed E-state index contributed by atoms with van der Waals surface area (Å²) in [7, 11) is 1.63. The van der Waals surface area contributed by atoms with E-state index in [1.807, 2.05) is 17.5 Å². The third-order valence-electron chi connectivity index (χ3n) is 3.38. The minimum Gasteiger partial charge on any atom is -0.496 e. The molecule has 2 heterocycles. The number of thiazole rings is 1. The number of benzene rings is 1. The number of ether oxygens (including phenoxy) is 1. The van der Waals surface area contributed by atoms with Gasteiger partial charge in [-0.1, -0.05) is 13.0 Å². The minimum atomic E-state index is -1.02. The van der Waals surface area contributed by atoms with Crippen LogP contribution in [0.3, 0.4) is 0 Å². The van der Waals surface area contributed by atoms with Crippen LogP contribution >= 0.6 is 11.3 Å². The molecule has 1 N–H and O–H groups in total. The van der Waals surface area contributed by atoms with Crippen LogP contribution in [0.5, 0.6) is 5.75 Å². The number of carbonyl (C=O) groups is 1. The average Bonchev–Trinajstić information content (AvgIpc) is 3.06. The molecule has 0 unspecified atom stereocenters. The molecule has 0 amide bonds. The normalized spacial score (nSPS) is 11.0. The standard InChI is InChI=1S/C15H14N2O3S/c1-3-9-4-5-13(20-2)10(6-9)12-8-21-15-16-11(14(18)19)7-17(12)15/h4-8H,3H2,1-2H3,(H,18,19). The molecule has 0 atom stereocenters. The second kappa shape index (κ2) is 5.21. The molecular weight excluding hydrogens is 288 g/mol. The van der Waals surface area contributed by atoms with Crippen LogP contribution in [0.15, 0.2) is 29.8 Å². The number of carboxylic acids is 1. The monoisotopic (exact) mass is 302 g/mol. The van der Waals surface area contributed by atoms with Gasteiger partial charge < -0.3 is 9.84 Å². The Morgan fingerprint density at radius 1 is 1.48 bits per heavy atom. The number of hydrogen-bond acceptors (Lipinski definition) is 4. The first-order chi connectivity index (χ1) is 10.1. The average molecular weight is 302 g/mol. The van der Waals surface area contributed by atoms with Crippen LogP contribution in [0.1, 0.15) is 23.0 Å². The van der Waals surface area contributed by atoms with Gasteiger partial charge >= 0.3 is 5.97 Å². The molecule has 3 rings (SSSR count). The summed E-state index contributed by atoms with van der Waals surface area (Å²) in [5.41, 5.74) is 3.08. The summed E-state index contributed by atoms with van der Waals surface area (Å²) in [6.45, 7) is 2.09. The zero-order chi connectivity index (χ0) is 15.0. The molecule has 0 saturated heterocycles. The summed E-state index contributed by atoms with van der Waals surface area (Å²) in [5, 5.41) is 11.0. The lowest BCUT2D eigenvalue weighted by molar-refractivity contribution is 0.0691. The number of aromatic carboxylic acids is 1. The lowest BCUT2D eigenvalue weighted by Gasteiger charge is -2.09. The highest BCUT2D eigenvalue weighted by Gasteiger charge is 2.16. The van der Waals surface area contributed by atoms with Gasteiger partial charge in [-0.3, -0.25) is 4.40 Å². The van der Waals surface area contributed by atoms with E-state index in [-0.39, 0.29) is 5.69 Å². The zero-order valence-electron chi connectivity index (χ0n) is 11.7. The van der Waals surface area contributed by atoms with Crippen molar-refractivity contribution in [3.05, 3.63) is 41.0 Å². The van der Waals surface area contributed by atoms with E-state index >= 15 is 0 Å². The van der Waals surface area contributed by atoms with Gasteiger partial charge in [0.15, 0.2) is 10.7 Å². The summed E-state index contributed by atoms with van der Waals surface area (Å²) in [6.07, 6.45) is 2.47. The topological polar surface area (TPSA) is 63.8 Å². The Morgan fingerprint density at radius 3 is 2.95 bits per heavy atom. The molecule has 0 saturated carbocycles. The number of aryl methyl sites for hydroxylation is 1. The Bertz CT molecular complexity index is 820. The fourth-order valence-electron chi connectivity index (χ4n) is 2.26. The van der Waals surface area contributed by atoms with E-state index in [4.69, 9.17) is 9.84 Å². The zero-order valence-corrected chi connectivity index (χ0v) is 12.5. The number of aromatic nitrogens is 2. The molecule has 0 bridgehead atoms. The van der Waals surface area contributed by atoms with Crippen molar-refractivity contribution in [2.24, 2.45) is 0 Å². The number of fused-ring (bicyclic) bond motifs is 1. The largest absolute Gasteiger partial charge is 0.496 e. The second-order valence-electron chi connectivity index (χ2n) is 4.59. The van der Waals surface area contributed by atoms with Gasteiger partial charge in [-0.15, -0.1) is 11.3 Å².